The van der Waals surface area contributed by atoms with Crippen molar-refractivity contribution in [1.82, 2.24) is 20.0 Å². The molecule has 6 heteroatoms. The number of amides is 1. The lowest BCUT2D eigenvalue weighted by atomic mass is 10.2. The maximum absolute atomic E-state index is 12.0. The monoisotopic (exact) mass is 288 g/mol. The molecule has 1 aliphatic heterocycles. The molecular formula is C15H20N4O2. The second-order valence-corrected chi connectivity index (χ2v) is 5.28. The average molecular weight is 288 g/mol. The van der Waals surface area contributed by atoms with E-state index in [9.17, 15) is 4.79 Å². The summed E-state index contributed by atoms with van der Waals surface area (Å²) >= 11 is 0. The number of nitrogens with one attached hydrogen (secondary N) is 1. The number of carbonyl (C=O) groups excluding carboxylic acids is 1. The van der Waals surface area contributed by atoms with Gasteiger partial charge in [0.1, 0.15) is 12.3 Å². The van der Waals surface area contributed by atoms with E-state index in [1.165, 1.54) is 12.8 Å². The molecule has 1 fully saturated rings. The molecule has 0 aromatic carbocycles. The molecule has 1 amide bonds. The van der Waals surface area contributed by atoms with Crippen molar-refractivity contribution < 1.29 is 9.21 Å². The maximum Gasteiger partial charge on any atom is 0.241 e. The summed E-state index contributed by atoms with van der Waals surface area (Å²) in [7, 11) is 0. The third-order valence-corrected chi connectivity index (χ3v) is 3.81. The van der Waals surface area contributed by atoms with Crippen LogP contribution in [-0.4, -0.2) is 40.2 Å². The van der Waals surface area contributed by atoms with Gasteiger partial charge in [-0.1, -0.05) is 0 Å². The molecule has 21 heavy (non-hydrogen) atoms. The van der Waals surface area contributed by atoms with Crippen LogP contribution in [0.2, 0.25) is 0 Å². The van der Waals surface area contributed by atoms with Crippen molar-refractivity contribution in [2.45, 2.75) is 25.4 Å². The van der Waals surface area contributed by atoms with Gasteiger partial charge in [0.15, 0.2) is 0 Å². The van der Waals surface area contributed by atoms with Crippen molar-refractivity contribution in [3.8, 4) is 0 Å². The van der Waals surface area contributed by atoms with Crippen LogP contribution in [0.15, 0.2) is 41.3 Å². The van der Waals surface area contributed by atoms with E-state index >= 15 is 0 Å². The first-order chi connectivity index (χ1) is 10.3. The van der Waals surface area contributed by atoms with Gasteiger partial charge in [-0.25, -0.2) is 0 Å². The van der Waals surface area contributed by atoms with E-state index < -0.39 is 0 Å². The first kappa shape index (κ1) is 13.9. The minimum atomic E-state index is -0.0329. The molecule has 2 aromatic rings. The highest BCUT2D eigenvalue weighted by atomic mass is 16.3. The number of hydrogen-bond donors (Lipinski definition) is 1. The highest BCUT2D eigenvalue weighted by molar-refractivity contribution is 5.75. The summed E-state index contributed by atoms with van der Waals surface area (Å²) in [6.45, 7) is 2.92. The summed E-state index contributed by atoms with van der Waals surface area (Å²) in [5.41, 5.74) is 0. The Bertz CT molecular complexity index is 544. The molecule has 0 bridgehead atoms. The molecule has 0 radical (unpaired) electrons. The molecule has 112 valence electrons. The van der Waals surface area contributed by atoms with Gasteiger partial charge in [0.2, 0.25) is 5.91 Å². The SMILES string of the molecule is O=C(Cn1cccn1)NC[C@@H](c1ccco1)N1CCCC1. The molecule has 1 saturated heterocycles. The molecular weight excluding hydrogens is 268 g/mol. The van der Waals surface area contributed by atoms with Crippen LogP contribution < -0.4 is 5.32 Å². The second kappa shape index (κ2) is 6.58. The molecule has 6 nitrogen and oxygen atoms in total. The first-order valence-electron chi connectivity index (χ1n) is 7.34. The molecule has 1 N–H and O–H groups in total. The van der Waals surface area contributed by atoms with Crippen LogP contribution in [-0.2, 0) is 11.3 Å². The normalized spacial score (nSPS) is 17.0. The lowest BCUT2D eigenvalue weighted by Gasteiger charge is -2.26. The third kappa shape index (κ3) is 3.52. The van der Waals surface area contributed by atoms with Crippen molar-refractivity contribution in [2.75, 3.05) is 19.6 Å². The smallest absolute Gasteiger partial charge is 0.241 e. The average Bonchev–Trinajstić information content (AvgIpc) is 3.23. The van der Waals surface area contributed by atoms with E-state index in [2.05, 4.69) is 15.3 Å². The van der Waals surface area contributed by atoms with E-state index in [0.29, 0.717) is 6.54 Å². The molecule has 0 unspecified atom stereocenters. The molecule has 0 spiro atoms. The minimum absolute atomic E-state index is 0.0329. The zero-order valence-electron chi connectivity index (χ0n) is 11.9. The Kier molecular flexibility index (Phi) is 4.35. The number of furan rings is 1. The van der Waals surface area contributed by atoms with Crippen LogP contribution >= 0.6 is 0 Å². The predicted octanol–water partition coefficient (Wildman–Crippen LogP) is 1.43. The van der Waals surface area contributed by atoms with Gasteiger partial charge in [-0.2, -0.15) is 5.10 Å². The molecule has 0 aliphatic carbocycles. The first-order valence-corrected chi connectivity index (χ1v) is 7.34. The van der Waals surface area contributed by atoms with Gasteiger partial charge >= 0.3 is 0 Å². The van der Waals surface area contributed by atoms with Crippen molar-refractivity contribution in [2.24, 2.45) is 0 Å². The summed E-state index contributed by atoms with van der Waals surface area (Å²) < 4.78 is 7.15. The molecule has 1 atom stereocenters. The van der Waals surface area contributed by atoms with E-state index in [4.69, 9.17) is 4.42 Å². The number of likely N-dealkylation sites (tertiary alicyclic amines) is 1. The zero-order chi connectivity index (χ0) is 14.5. The van der Waals surface area contributed by atoms with Gasteiger partial charge in [-0.3, -0.25) is 14.4 Å². The van der Waals surface area contributed by atoms with Crippen LogP contribution in [0.3, 0.4) is 0 Å². The van der Waals surface area contributed by atoms with E-state index in [-0.39, 0.29) is 18.5 Å². The number of nitrogens with zero attached hydrogens (tertiary/aromatic N) is 3. The maximum atomic E-state index is 12.0. The van der Waals surface area contributed by atoms with Crippen molar-refractivity contribution >= 4 is 5.91 Å². The number of rotatable bonds is 6. The summed E-state index contributed by atoms with van der Waals surface area (Å²) in [6, 6.07) is 5.79. The topological polar surface area (TPSA) is 63.3 Å². The fourth-order valence-electron chi connectivity index (χ4n) is 2.75. The van der Waals surface area contributed by atoms with Crippen molar-refractivity contribution in [1.29, 1.82) is 0 Å². The second-order valence-electron chi connectivity index (χ2n) is 5.28. The van der Waals surface area contributed by atoms with Crippen LogP contribution in [0.1, 0.15) is 24.6 Å². The summed E-state index contributed by atoms with van der Waals surface area (Å²) in [6.07, 6.45) is 7.55. The van der Waals surface area contributed by atoms with Crippen molar-refractivity contribution in [3.63, 3.8) is 0 Å². The van der Waals surface area contributed by atoms with Crippen LogP contribution in [0, 0.1) is 0 Å². The highest BCUT2D eigenvalue weighted by Crippen LogP contribution is 2.24. The fourth-order valence-corrected chi connectivity index (χ4v) is 2.75. The molecule has 2 aromatic heterocycles. The van der Waals surface area contributed by atoms with Crippen molar-refractivity contribution in [3.05, 3.63) is 42.6 Å². The molecule has 0 saturated carbocycles. The van der Waals surface area contributed by atoms with Crippen LogP contribution in [0.5, 0.6) is 0 Å². The lowest BCUT2D eigenvalue weighted by molar-refractivity contribution is -0.122. The number of hydrogen-bond acceptors (Lipinski definition) is 4. The van der Waals surface area contributed by atoms with Gasteiger partial charge in [0.05, 0.1) is 12.3 Å². The Labute approximate surface area is 123 Å². The van der Waals surface area contributed by atoms with Gasteiger partial charge in [-0.05, 0) is 44.1 Å². The Balaban J connectivity index is 1.58. The quantitative estimate of drug-likeness (QED) is 0.873. The van der Waals surface area contributed by atoms with Gasteiger partial charge in [0.25, 0.3) is 0 Å². The Hall–Kier alpha value is -2.08. The van der Waals surface area contributed by atoms with Crippen LogP contribution in [0.25, 0.3) is 0 Å². The van der Waals surface area contributed by atoms with E-state index in [1.807, 2.05) is 18.2 Å². The van der Waals surface area contributed by atoms with Gasteiger partial charge < -0.3 is 9.73 Å². The highest BCUT2D eigenvalue weighted by Gasteiger charge is 2.25. The van der Waals surface area contributed by atoms with Gasteiger partial charge in [0, 0.05) is 18.9 Å². The fraction of sp³-hybridized carbons (Fsp3) is 0.467. The predicted molar refractivity (Wildman–Crippen MR) is 77.5 cm³/mol. The minimum Gasteiger partial charge on any atom is -0.468 e. The summed E-state index contributed by atoms with van der Waals surface area (Å²) in [4.78, 5) is 14.3. The largest absolute Gasteiger partial charge is 0.468 e. The van der Waals surface area contributed by atoms with E-state index in [1.54, 1.807) is 23.3 Å². The Morgan fingerprint density at radius 1 is 1.38 bits per heavy atom. The summed E-state index contributed by atoms with van der Waals surface area (Å²) in [5.74, 6) is 0.880. The molecule has 1 aliphatic rings. The summed E-state index contributed by atoms with van der Waals surface area (Å²) in [5, 5.41) is 7.02. The van der Waals surface area contributed by atoms with Crippen LogP contribution in [0.4, 0.5) is 0 Å². The Morgan fingerprint density at radius 2 is 2.24 bits per heavy atom. The lowest BCUT2D eigenvalue weighted by Crippen LogP contribution is -2.38. The number of carbonyl (C=O) groups is 1. The van der Waals surface area contributed by atoms with E-state index in [0.717, 1.165) is 18.8 Å². The Morgan fingerprint density at radius 3 is 2.90 bits per heavy atom. The van der Waals surface area contributed by atoms with Gasteiger partial charge in [-0.15, -0.1) is 0 Å². The third-order valence-electron chi connectivity index (χ3n) is 3.81. The molecule has 3 heterocycles. The standard InChI is InChI=1S/C15H20N4O2/c20-15(12-19-9-4-6-17-19)16-11-13(14-5-3-10-21-14)18-7-1-2-8-18/h3-6,9-10,13H,1-2,7-8,11-12H2,(H,16,20)/t13-/m0/s1. The number of aromatic nitrogens is 2. The zero-order valence-corrected chi connectivity index (χ0v) is 11.9. The molecule has 3 rings (SSSR count).